The molecule has 3 nitrogen and oxygen atoms in total. The number of hydrogen-bond donors (Lipinski definition) is 1. The number of carbonyl (C=O) groups is 1. The van der Waals surface area contributed by atoms with Crippen LogP contribution in [0.25, 0.3) is 11.6 Å². The smallest absolute Gasteiger partial charge is 0.336 e. The van der Waals surface area contributed by atoms with E-state index in [9.17, 15) is 4.79 Å². The molecule has 0 bridgehead atoms. The van der Waals surface area contributed by atoms with Crippen LogP contribution in [0.2, 0.25) is 0 Å². The van der Waals surface area contributed by atoms with Crippen LogP contribution in [-0.4, -0.2) is 16.1 Å². The molecule has 1 N–H and O–H groups in total. The molecule has 0 aliphatic heterocycles. The molecule has 2 aromatic rings. The van der Waals surface area contributed by atoms with Gasteiger partial charge in [0.2, 0.25) is 0 Å². The number of rotatable bonds is 3. The fourth-order valence-electron chi connectivity index (χ4n) is 1.31. The Balaban J connectivity index is 2.42. The average molecular weight is 231 g/mol. The summed E-state index contributed by atoms with van der Waals surface area (Å²) in [5, 5.41) is 12.8. The first kappa shape index (κ1) is 10.6. The topological polar surface area (TPSA) is 50.2 Å². The summed E-state index contributed by atoms with van der Waals surface area (Å²) in [5.41, 5.74) is 1.86. The maximum Gasteiger partial charge on any atom is 0.336 e. The van der Waals surface area contributed by atoms with Crippen LogP contribution in [0.15, 0.2) is 41.4 Å². The van der Waals surface area contributed by atoms with E-state index in [4.69, 9.17) is 5.11 Å². The van der Waals surface area contributed by atoms with Gasteiger partial charge in [0.1, 0.15) is 0 Å². The highest BCUT2D eigenvalue weighted by Crippen LogP contribution is 2.20. The zero-order chi connectivity index (χ0) is 11.4. The van der Waals surface area contributed by atoms with Gasteiger partial charge in [-0.1, -0.05) is 0 Å². The van der Waals surface area contributed by atoms with Gasteiger partial charge in [-0.15, -0.1) is 0 Å². The Morgan fingerprint density at radius 2 is 2.06 bits per heavy atom. The molecule has 0 amide bonds. The summed E-state index contributed by atoms with van der Waals surface area (Å²) in [4.78, 5) is 15.0. The number of thiophene rings is 1. The third-order valence-corrected chi connectivity index (χ3v) is 2.76. The molecule has 0 aromatic carbocycles. The average Bonchev–Trinajstić information content (AvgIpc) is 2.80. The van der Waals surface area contributed by atoms with Gasteiger partial charge in [-0.2, -0.15) is 11.3 Å². The molecule has 0 saturated heterocycles. The van der Waals surface area contributed by atoms with Crippen LogP contribution >= 0.6 is 11.3 Å². The van der Waals surface area contributed by atoms with Crippen LogP contribution < -0.4 is 0 Å². The Kier molecular flexibility index (Phi) is 3.12. The van der Waals surface area contributed by atoms with Gasteiger partial charge in [0.15, 0.2) is 0 Å². The summed E-state index contributed by atoms with van der Waals surface area (Å²) in [7, 11) is 0. The van der Waals surface area contributed by atoms with Crippen molar-refractivity contribution in [1.29, 1.82) is 0 Å². The first-order valence-electron chi connectivity index (χ1n) is 4.65. The lowest BCUT2D eigenvalue weighted by atomic mass is 10.1. The minimum Gasteiger partial charge on any atom is -0.478 e. The van der Waals surface area contributed by atoms with E-state index >= 15 is 0 Å². The second-order valence-electron chi connectivity index (χ2n) is 3.16. The summed E-state index contributed by atoms with van der Waals surface area (Å²) in [6.07, 6.45) is 4.92. The molecule has 0 fully saturated rings. The zero-order valence-electron chi connectivity index (χ0n) is 8.33. The predicted octanol–water partition coefficient (Wildman–Crippen LogP) is 2.77. The lowest BCUT2D eigenvalue weighted by Crippen LogP contribution is -1.98. The zero-order valence-corrected chi connectivity index (χ0v) is 9.15. The number of carboxylic acids is 1. The first-order valence-corrected chi connectivity index (χ1v) is 5.59. The quantitative estimate of drug-likeness (QED) is 0.826. The van der Waals surface area contributed by atoms with E-state index in [2.05, 4.69) is 4.98 Å². The van der Waals surface area contributed by atoms with Crippen molar-refractivity contribution in [2.75, 3.05) is 0 Å². The maximum atomic E-state index is 11.1. The first-order chi connectivity index (χ1) is 7.77. The highest BCUT2D eigenvalue weighted by atomic mass is 32.1. The number of aromatic nitrogens is 1. The molecule has 2 rings (SSSR count). The highest BCUT2D eigenvalue weighted by Gasteiger charge is 2.10. The van der Waals surface area contributed by atoms with E-state index in [1.165, 1.54) is 11.3 Å². The Bertz CT molecular complexity index is 503. The lowest BCUT2D eigenvalue weighted by Gasteiger charge is -1.99. The van der Waals surface area contributed by atoms with Crippen LogP contribution in [0, 0.1) is 0 Å². The third-order valence-electron chi connectivity index (χ3n) is 2.08. The van der Waals surface area contributed by atoms with E-state index in [0.29, 0.717) is 5.57 Å². The van der Waals surface area contributed by atoms with Gasteiger partial charge in [0.05, 0.1) is 5.57 Å². The minimum atomic E-state index is -0.921. The largest absolute Gasteiger partial charge is 0.478 e. The summed E-state index contributed by atoms with van der Waals surface area (Å²) in [5.74, 6) is -0.921. The summed E-state index contributed by atoms with van der Waals surface area (Å²) in [6.45, 7) is 0. The molecule has 0 saturated carbocycles. The van der Waals surface area contributed by atoms with Crippen LogP contribution in [-0.2, 0) is 4.79 Å². The van der Waals surface area contributed by atoms with E-state index in [0.717, 1.165) is 11.1 Å². The van der Waals surface area contributed by atoms with Crippen molar-refractivity contribution in [3.63, 3.8) is 0 Å². The lowest BCUT2D eigenvalue weighted by molar-refractivity contribution is -0.130. The second-order valence-corrected chi connectivity index (χ2v) is 3.94. The Hall–Kier alpha value is -1.94. The summed E-state index contributed by atoms with van der Waals surface area (Å²) >= 11 is 1.48. The summed E-state index contributed by atoms with van der Waals surface area (Å²) in [6, 6.07) is 5.34. The molecule has 2 aromatic heterocycles. The van der Waals surface area contributed by atoms with Crippen LogP contribution in [0.1, 0.15) is 11.1 Å². The molecule has 2 heterocycles. The van der Waals surface area contributed by atoms with Gasteiger partial charge in [-0.3, -0.25) is 4.98 Å². The fourth-order valence-corrected chi connectivity index (χ4v) is 1.97. The van der Waals surface area contributed by atoms with Gasteiger partial charge in [-0.25, -0.2) is 4.79 Å². The van der Waals surface area contributed by atoms with Gasteiger partial charge in [-0.05, 0) is 46.2 Å². The van der Waals surface area contributed by atoms with Crippen molar-refractivity contribution in [2.45, 2.75) is 0 Å². The number of aliphatic carboxylic acids is 1. The van der Waals surface area contributed by atoms with E-state index in [-0.39, 0.29) is 0 Å². The van der Waals surface area contributed by atoms with Crippen LogP contribution in [0.5, 0.6) is 0 Å². The van der Waals surface area contributed by atoms with Crippen molar-refractivity contribution in [1.82, 2.24) is 4.98 Å². The normalized spacial score (nSPS) is 11.4. The third kappa shape index (κ3) is 2.35. The van der Waals surface area contributed by atoms with Crippen LogP contribution in [0.4, 0.5) is 0 Å². The van der Waals surface area contributed by atoms with Gasteiger partial charge in [0, 0.05) is 12.4 Å². The molecular formula is C12H9NO2S. The monoisotopic (exact) mass is 231 g/mol. The van der Waals surface area contributed by atoms with Crippen molar-refractivity contribution in [3.8, 4) is 0 Å². The number of carboxylic acid groups (broad SMARTS) is 1. The van der Waals surface area contributed by atoms with E-state index in [1.807, 2.05) is 10.8 Å². The summed E-state index contributed by atoms with van der Waals surface area (Å²) < 4.78 is 0. The maximum absolute atomic E-state index is 11.1. The van der Waals surface area contributed by atoms with Crippen molar-refractivity contribution in [2.24, 2.45) is 0 Å². The second kappa shape index (κ2) is 4.72. The molecule has 0 aliphatic rings. The molecule has 0 spiro atoms. The molecule has 4 heteroatoms. The van der Waals surface area contributed by atoms with Crippen molar-refractivity contribution in [3.05, 3.63) is 52.5 Å². The van der Waals surface area contributed by atoms with E-state index in [1.54, 1.807) is 36.7 Å². The molecule has 0 unspecified atom stereocenters. The van der Waals surface area contributed by atoms with Gasteiger partial charge >= 0.3 is 5.97 Å². The molecule has 0 radical (unpaired) electrons. The van der Waals surface area contributed by atoms with Gasteiger partial charge in [0.25, 0.3) is 0 Å². The highest BCUT2D eigenvalue weighted by molar-refractivity contribution is 7.08. The number of nitrogens with zero attached hydrogens (tertiary/aromatic N) is 1. The van der Waals surface area contributed by atoms with Crippen molar-refractivity contribution >= 4 is 29.0 Å². The number of hydrogen-bond acceptors (Lipinski definition) is 3. The molecule has 80 valence electrons. The van der Waals surface area contributed by atoms with Crippen LogP contribution in [0.3, 0.4) is 0 Å². The Labute approximate surface area is 96.7 Å². The van der Waals surface area contributed by atoms with E-state index < -0.39 is 5.97 Å². The van der Waals surface area contributed by atoms with Crippen molar-refractivity contribution < 1.29 is 9.90 Å². The number of pyridine rings is 1. The standard InChI is InChI=1S/C12H9NO2S/c14-12(15)11(10-3-6-16-8-10)7-9-1-4-13-5-2-9/h1-8H,(H,14,15)/b11-7+. The Morgan fingerprint density at radius 3 is 2.62 bits per heavy atom. The molecule has 0 atom stereocenters. The fraction of sp³-hybridized carbons (Fsp3) is 0. The molecule has 0 aliphatic carbocycles. The Morgan fingerprint density at radius 1 is 1.31 bits per heavy atom. The predicted molar refractivity (Wildman–Crippen MR) is 64.1 cm³/mol. The minimum absolute atomic E-state index is 0.299. The molecular weight excluding hydrogens is 222 g/mol. The van der Waals surface area contributed by atoms with Gasteiger partial charge < -0.3 is 5.11 Å². The molecule has 16 heavy (non-hydrogen) atoms. The SMILES string of the molecule is O=C(O)/C(=C/c1ccncc1)c1ccsc1.